The van der Waals surface area contributed by atoms with Crippen molar-refractivity contribution in [2.75, 3.05) is 17.7 Å². The second kappa shape index (κ2) is 6.79. The summed E-state index contributed by atoms with van der Waals surface area (Å²) in [6, 6.07) is 5.24. The molecule has 3 rings (SSSR count). The van der Waals surface area contributed by atoms with E-state index in [0.717, 1.165) is 5.56 Å². The average molecular weight is 386 g/mol. The lowest BCUT2D eigenvalue weighted by Gasteiger charge is -2.23. The maximum Gasteiger partial charge on any atom is 0.225 e. The number of nitrogen functional groups attached to an aromatic ring is 1. The Hall–Kier alpha value is -2.71. The molecule has 0 unspecified atom stereocenters. The summed E-state index contributed by atoms with van der Waals surface area (Å²) in [5.74, 6) is 0.316. The molecule has 0 saturated heterocycles. The number of rotatable bonds is 5. The Kier molecular flexibility index (Phi) is 4.79. The highest BCUT2D eigenvalue weighted by atomic mass is 32.1. The summed E-state index contributed by atoms with van der Waals surface area (Å²) >= 11 is 1.21. The number of ketones is 1. The van der Waals surface area contributed by atoms with E-state index in [-0.39, 0.29) is 18.1 Å². The molecule has 0 aliphatic rings. The molecule has 0 fully saturated rings. The fourth-order valence-corrected chi connectivity index (χ4v) is 3.64. The van der Waals surface area contributed by atoms with Crippen LogP contribution in [-0.2, 0) is 0 Å². The van der Waals surface area contributed by atoms with E-state index in [1.54, 1.807) is 19.1 Å². The maximum absolute atomic E-state index is 11.9. The van der Waals surface area contributed by atoms with Gasteiger partial charge in [-0.2, -0.15) is 0 Å². The second-order valence-electron chi connectivity index (χ2n) is 7.15. The Labute approximate surface area is 160 Å². The molecule has 0 radical (unpaired) electrons. The van der Waals surface area contributed by atoms with Crippen LogP contribution in [0.3, 0.4) is 0 Å². The first-order valence-corrected chi connectivity index (χ1v) is 9.24. The number of hydrogen-bond donors (Lipinski definition) is 4. The van der Waals surface area contributed by atoms with Crippen LogP contribution in [0.5, 0.6) is 5.75 Å². The SMILES string of the molecule is CC(=O)c1sc2nc(NC(C)(C)CO)nc(-c3ccc(C)c(O)c3)c2c1N. The number of aromatic hydroxyl groups is 1. The number of anilines is 2. The Morgan fingerprint density at radius 1 is 1.33 bits per heavy atom. The molecule has 5 N–H and O–H groups in total. The first kappa shape index (κ1) is 19.1. The van der Waals surface area contributed by atoms with Gasteiger partial charge in [0.2, 0.25) is 5.95 Å². The topological polar surface area (TPSA) is 121 Å². The molecule has 8 heteroatoms. The molecular formula is C19H22N4O3S. The van der Waals surface area contributed by atoms with Gasteiger partial charge in [0.15, 0.2) is 5.78 Å². The summed E-state index contributed by atoms with van der Waals surface area (Å²) in [5.41, 5.74) is 7.87. The Bertz CT molecular complexity index is 1040. The lowest BCUT2D eigenvalue weighted by molar-refractivity contribution is 0.102. The van der Waals surface area contributed by atoms with Crippen LogP contribution in [0.15, 0.2) is 18.2 Å². The Balaban J connectivity index is 2.30. The number of nitrogens with two attached hydrogens (primary N) is 1. The van der Waals surface area contributed by atoms with Crippen molar-refractivity contribution in [3.63, 3.8) is 0 Å². The number of carbonyl (C=O) groups is 1. The zero-order valence-electron chi connectivity index (χ0n) is 15.6. The molecule has 0 amide bonds. The van der Waals surface area contributed by atoms with Crippen LogP contribution >= 0.6 is 11.3 Å². The van der Waals surface area contributed by atoms with E-state index in [1.165, 1.54) is 18.3 Å². The Morgan fingerprint density at radius 2 is 2.04 bits per heavy atom. The highest BCUT2D eigenvalue weighted by molar-refractivity contribution is 7.21. The molecule has 2 heterocycles. The zero-order valence-corrected chi connectivity index (χ0v) is 16.4. The van der Waals surface area contributed by atoms with Crippen LogP contribution in [0, 0.1) is 6.92 Å². The number of hydrogen-bond acceptors (Lipinski definition) is 8. The van der Waals surface area contributed by atoms with Crippen LogP contribution in [-0.4, -0.2) is 38.1 Å². The van der Waals surface area contributed by atoms with Gasteiger partial charge >= 0.3 is 0 Å². The first-order chi connectivity index (χ1) is 12.6. The number of fused-ring (bicyclic) bond motifs is 1. The molecule has 27 heavy (non-hydrogen) atoms. The molecular weight excluding hydrogens is 364 g/mol. The van der Waals surface area contributed by atoms with Gasteiger partial charge in [0, 0.05) is 12.5 Å². The summed E-state index contributed by atoms with van der Waals surface area (Å²) < 4.78 is 0. The number of aliphatic hydroxyl groups excluding tert-OH is 1. The normalized spacial score (nSPS) is 11.7. The third-order valence-electron chi connectivity index (χ3n) is 4.24. The van der Waals surface area contributed by atoms with Gasteiger partial charge in [-0.15, -0.1) is 11.3 Å². The Morgan fingerprint density at radius 3 is 2.63 bits per heavy atom. The number of aryl methyl sites for hydroxylation is 1. The molecule has 0 spiro atoms. The van der Waals surface area contributed by atoms with E-state index in [4.69, 9.17) is 5.73 Å². The third-order valence-corrected chi connectivity index (χ3v) is 5.44. The quantitative estimate of drug-likeness (QED) is 0.496. The van der Waals surface area contributed by atoms with Crippen molar-refractivity contribution in [3.8, 4) is 17.0 Å². The van der Waals surface area contributed by atoms with Crippen molar-refractivity contribution in [1.82, 2.24) is 9.97 Å². The predicted octanol–water partition coefficient (Wildman–Crippen LogP) is 3.34. The lowest BCUT2D eigenvalue weighted by Crippen LogP contribution is -2.35. The summed E-state index contributed by atoms with van der Waals surface area (Å²) in [6.07, 6.45) is 0. The monoisotopic (exact) mass is 386 g/mol. The molecule has 7 nitrogen and oxygen atoms in total. The maximum atomic E-state index is 11.9. The van der Waals surface area contributed by atoms with Crippen molar-refractivity contribution >= 4 is 39.0 Å². The number of Topliss-reactive ketones (excluding diaryl/α,β-unsaturated/α-hetero) is 1. The molecule has 2 aromatic heterocycles. The number of carbonyl (C=O) groups excluding carboxylic acids is 1. The predicted molar refractivity (Wildman–Crippen MR) is 108 cm³/mol. The zero-order chi connectivity index (χ0) is 19.9. The van der Waals surface area contributed by atoms with E-state index in [0.29, 0.717) is 38.0 Å². The standard InChI is InChI=1S/C19H22N4O3S/c1-9-5-6-11(7-12(9)26)15-13-14(20)16(10(2)25)27-17(13)22-18(21-15)23-19(3,4)8-24/h5-7,24,26H,8,20H2,1-4H3,(H,21,22,23). The van der Waals surface area contributed by atoms with Crippen LogP contribution in [0.2, 0.25) is 0 Å². The van der Waals surface area contributed by atoms with Crippen molar-refractivity contribution in [2.24, 2.45) is 0 Å². The minimum atomic E-state index is -0.632. The summed E-state index contributed by atoms with van der Waals surface area (Å²) in [7, 11) is 0. The molecule has 0 saturated carbocycles. The van der Waals surface area contributed by atoms with Gasteiger partial charge in [-0.1, -0.05) is 12.1 Å². The molecule has 0 aliphatic heterocycles. The summed E-state index contributed by atoms with van der Waals surface area (Å²) in [4.78, 5) is 22.0. The van der Waals surface area contributed by atoms with Crippen LogP contribution in [0.25, 0.3) is 21.5 Å². The highest BCUT2D eigenvalue weighted by Gasteiger charge is 2.23. The third kappa shape index (κ3) is 3.58. The largest absolute Gasteiger partial charge is 0.508 e. The summed E-state index contributed by atoms with van der Waals surface area (Å²) in [5, 5.41) is 23.3. The highest BCUT2D eigenvalue weighted by Crippen LogP contribution is 2.40. The van der Waals surface area contributed by atoms with Crippen LogP contribution in [0.1, 0.15) is 36.0 Å². The van der Waals surface area contributed by atoms with Crippen molar-refractivity contribution in [2.45, 2.75) is 33.2 Å². The molecule has 0 aliphatic carbocycles. The molecule has 0 atom stereocenters. The number of phenols is 1. The second-order valence-corrected chi connectivity index (χ2v) is 8.14. The minimum Gasteiger partial charge on any atom is -0.508 e. The van der Waals surface area contributed by atoms with Crippen LogP contribution < -0.4 is 11.1 Å². The smallest absolute Gasteiger partial charge is 0.225 e. The summed E-state index contributed by atoms with van der Waals surface area (Å²) in [6.45, 7) is 6.79. The number of nitrogens with zero attached hydrogens (tertiary/aromatic N) is 2. The van der Waals surface area contributed by atoms with Gasteiger partial charge in [-0.25, -0.2) is 9.97 Å². The number of phenolic OH excluding ortho intramolecular Hbond substituents is 1. The first-order valence-electron chi connectivity index (χ1n) is 8.43. The minimum absolute atomic E-state index is 0.111. The fraction of sp³-hybridized carbons (Fsp3) is 0.316. The van der Waals surface area contributed by atoms with Gasteiger partial charge in [0.05, 0.1) is 33.8 Å². The molecule has 142 valence electrons. The van der Waals surface area contributed by atoms with E-state index >= 15 is 0 Å². The van der Waals surface area contributed by atoms with Crippen molar-refractivity contribution in [3.05, 3.63) is 28.6 Å². The van der Waals surface area contributed by atoms with Gasteiger partial charge in [-0.05, 0) is 32.4 Å². The van der Waals surface area contributed by atoms with E-state index in [1.807, 2.05) is 19.9 Å². The van der Waals surface area contributed by atoms with Crippen LogP contribution in [0.4, 0.5) is 11.6 Å². The van der Waals surface area contributed by atoms with E-state index in [2.05, 4.69) is 15.3 Å². The molecule has 0 bridgehead atoms. The number of nitrogens with one attached hydrogen (secondary N) is 1. The number of benzene rings is 1. The lowest BCUT2D eigenvalue weighted by atomic mass is 10.0. The number of thiophene rings is 1. The average Bonchev–Trinajstić information content (AvgIpc) is 2.93. The van der Waals surface area contributed by atoms with Gasteiger partial charge < -0.3 is 21.3 Å². The molecule has 3 aromatic rings. The van der Waals surface area contributed by atoms with E-state index < -0.39 is 5.54 Å². The van der Waals surface area contributed by atoms with Crippen molar-refractivity contribution < 1.29 is 15.0 Å². The van der Waals surface area contributed by atoms with E-state index in [9.17, 15) is 15.0 Å². The number of aliphatic hydroxyl groups is 1. The van der Waals surface area contributed by atoms with Crippen molar-refractivity contribution in [1.29, 1.82) is 0 Å². The van der Waals surface area contributed by atoms with Gasteiger partial charge in [0.1, 0.15) is 10.6 Å². The van der Waals surface area contributed by atoms with Gasteiger partial charge in [-0.3, -0.25) is 4.79 Å². The molecule has 1 aromatic carbocycles. The fourth-order valence-electron chi connectivity index (χ4n) is 2.65. The number of aromatic nitrogens is 2. The van der Waals surface area contributed by atoms with Gasteiger partial charge in [0.25, 0.3) is 0 Å².